The number of hydrogen-bond donors (Lipinski definition) is 2. The predicted molar refractivity (Wildman–Crippen MR) is 117 cm³/mol. The van der Waals surface area contributed by atoms with Crippen LogP contribution in [0.1, 0.15) is 24.2 Å². The second-order valence-corrected chi connectivity index (χ2v) is 7.28. The number of anilines is 2. The van der Waals surface area contributed by atoms with Crippen molar-refractivity contribution in [1.82, 2.24) is 5.32 Å². The Hall–Kier alpha value is -3.39. The van der Waals surface area contributed by atoms with Crippen LogP contribution in [-0.4, -0.2) is 56.2 Å². The van der Waals surface area contributed by atoms with Gasteiger partial charge in [0, 0.05) is 30.0 Å². The lowest BCUT2D eigenvalue weighted by atomic mass is 10.2. The van der Waals surface area contributed by atoms with Crippen molar-refractivity contribution < 1.29 is 23.9 Å². The van der Waals surface area contributed by atoms with Crippen LogP contribution in [0.15, 0.2) is 54.6 Å². The van der Waals surface area contributed by atoms with Gasteiger partial charge in [-0.25, -0.2) is 4.79 Å². The van der Waals surface area contributed by atoms with Gasteiger partial charge in [-0.1, -0.05) is 18.2 Å². The summed E-state index contributed by atoms with van der Waals surface area (Å²) in [6, 6.07) is 15.1. The van der Waals surface area contributed by atoms with Crippen LogP contribution in [0.4, 0.5) is 11.4 Å². The molecule has 2 aromatic carbocycles. The van der Waals surface area contributed by atoms with E-state index in [0.29, 0.717) is 24.5 Å². The lowest BCUT2D eigenvalue weighted by Crippen LogP contribution is -2.42. The first-order valence-corrected chi connectivity index (χ1v) is 10.2. The third-order valence-corrected chi connectivity index (χ3v) is 4.91. The second kappa shape index (κ2) is 10.6. The van der Waals surface area contributed by atoms with E-state index in [1.807, 2.05) is 12.1 Å². The first-order valence-electron chi connectivity index (χ1n) is 10.2. The third-order valence-electron chi connectivity index (χ3n) is 4.91. The van der Waals surface area contributed by atoms with Crippen molar-refractivity contribution in [2.75, 3.05) is 36.5 Å². The van der Waals surface area contributed by atoms with E-state index in [-0.39, 0.29) is 5.91 Å². The summed E-state index contributed by atoms with van der Waals surface area (Å²) in [5, 5.41) is 5.30. The summed E-state index contributed by atoms with van der Waals surface area (Å²) in [6.45, 7) is 6.06. The summed E-state index contributed by atoms with van der Waals surface area (Å²) >= 11 is 0. The molecule has 0 saturated carbocycles. The predicted octanol–water partition coefficient (Wildman–Crippen LogP) is 2.21. The quantitative estimate of drug-likeness (QED) is 0.661. The minimum absolute atomic E-state index is 0.387. The first-order chi connectivity index (χ1) is 14.9. The van der Waals surface area contributed by atoms with Gasteiger partial charge in [0.25, 0.3) is 11.8 Å². The molecule has 0 aromatic heterocycles. The van der Waals surface area contributed by atoms with Gasteiger partial charge >= 0.3 is 5.97 Å². The molecule has 2 amide bonds. The molecule has 0 radical (unpaired) electrons. The van der Waals surface area contributed by atoms with E-state index in [2.05, 4.69) is 15.5 Å². The second-order valence-electron chi connectivity index (χ2n) is 7.28. The Bertz CT molecular complexity index is 895. The molecule has 0 bridgehead atoms. The largest absolute Gasteiger partial charge is 0.451 e. The number of morpholine rings is 1. The lowest BCUT2D eigenvalue weighted by Gasteiger charge is -2.29. The summed E-state index contributed by atoms with van der Waals surface area (Å²) in [4.78, 5) is 39.0. The average molecular weight is 425 g/mol. The Morgan fingerprint density at radius 2 is 1.61 bits per heavy atom. The molecule has 31 heavy (non-hydrogen) atoms. The van der Waals surface area contributed by atoms with E-state index >= 15 is 0 Å². The molecule has 1 fully saturated rings. The third kappa shape index (κ3) is 6.29. The number of carbonyl (C=O) groups excluding carboxylic acids is 3. The monoisotopic (exact) mass is 425 g/mol. The van der Waals surface area contributed by atoms with Crippen LogP contribution in [0, 0.1) is 0 Å². The molecule has 8 nitrogen and oxygen atoms in total. The number of esters is 1. The van der Waals surface area contributed by atoms with Crippen LogP contribution in [0.3, 0.4) is 0 Å². The molecule has 164 valence electrons. The summed E-state index contributed by atoms with van der Waals surface area (Å²) in [5.41, 5.74) is 2.10. The molecule has 0 spiro atoms. The molecular formula is C23H27N3O5. The van der Waals surface area contributed by atoms with Crippen LogP contribution in [0.2, 0.25) is 0 Å². The molecule has 0 aliphatic carbocycles. The highest BCUT2D eigenvalue weighted by Gasteiger charge is 2.23. The molecule has 2 N–H and O–H groups in total. The van der Waals surface area contributed by atoms with E-state index in [1.165, 1.54) is 13.8 Å². The van der Waals surface area contributed by atoms with Crippen LogP contribution in [-0.2, 0) is 19.1 Å². The van der Waals surface area contributed by atoms with Crippen LogP contribution >= 0.6 is 0 Å². The van der Waals surface area contributed by atoms with Crippen molar-refractivity contribution >= 4 is 29.2 Å². The standard InChI is InChI=1S/C23H27N3O5/c1-16(24-22(28)18-6-4-3-5-7-18)23(29)31-17(2)21(27)25-19-8-10-20(11-9-19)26-12-14-30-15-13-26/h3-11,16-17H,12-15H2,1-2H3,(H,24,28)(H,25,27)/t16-,17+/m0/s1. The zero-order valence-electron chi connectivity index (χ0n) is 17.7. The zero-order valence-corrected chi connectivity index (χ0v) is 17.7. The summed E-state index contributed by atoms with van der Waals surface area (Å²) < 4.78 is 10.6. The highest BCUT2D eigenvalue weighted by atomic mass is 16.5. The van der Waals surface area contributed by atoms with Crippen LogP contribution in [0.5, 0.6) is 0 Å². The van der Waals surface area contributed by atoms with Crippen molar-refractivity contribution in [1.29, 1.82) is 0 Å². The maximum atomic E-state index is 12.4. The van der Waals surface area contributed by atoms with Crippen molar-refractivity contribution in [3.05, 3.63) is 60.2 Å². The van der Waals surface area contributed by atoms with Gasteiger partial charge in [0.05, 0.1) is 13.2 Å². The smallest absolute Gasteiger partial charge is 0.329 e. The Morgan fingerprint density at radius 1 is 0.968 bits per heavy atom. The number of ether oxygens (including phenoxy) is 2. The number of hydrogen-bond acceptors (Lipinski definition) is 6. The number of amides is 2. The fourth-order valence-electron chi connectivity index (χ4n) is 3.08. The summed E-state index contributed by atoms with van der Waals surface area (Å²) in [7, 11) is 0. The fraction of sp³-hybridized carbons (Fsp3) is 0.348. The molecule has 1 saturated heterocycles. The number of nitrogens with zero attached hydrogens (tertiary/aromatic N) is 1. The van der Waals surface area contributed by atoms with Crippen molar-refractivity contribution in [2.45, 2.75) is 26.0 Å². The summed E-state index contributed by atoms with van der Waals surface area (Å²) in [6.07, 6.45) is -1.01. The summed E-state index contributed by atoms with van der Waals surface area (Å²) in [5.74, 6) is -1.52. The maximum absolute atomic E-state index is 12.4. The minimum atomic E-state index is -1.01. The van der Waals surface area contributed by atoms with Gasteiger partial charge in [0.1, 0.15) is 6.04 Å². The number of rotatable bonds is 7. The zero-order chi connectivity index (χ0) is 22.2. The van der Waals surface area contributed by atoms with Crippen LogP contribution < -0.4 is 15.5 Å². The number of benzene rings is 2. The van der Waals surface area contributed by atoms with E-state index in [4.69, 9.17) is 9.47 Å². The Kier molecular flexibility index (Phi) is 7.61. The van der Waals surface area contributed by atoms with Gasteiger partial charge in [-0.15, -0.1) is 0 Å². The van der Waals surface area contributed by atoms with Crippen molar-refractivity contribution in [3.8, 4) is 0 Å². The molecule has 0 unspecified atom stereocenters. The number of carbonyl (C=O) groups is 3. The van der Waals surface area contributed by atoms with Gasteiger partial charge in [0.15, 0.2) is 6.10 Å². The van der Waals surface area contributed by atoms with Gasteiger partial charge < -0.3 is 25.0 Å². The topological polar surface area (TPSA) is 97.0 Å². The molecule has 1 aliphatic rings. The van der Waals surface area contributed by atoms with Crippen molar-refractivity contribution in [2.24, 2.45) is 0 Å². The van der Waals surface area contributed by atoms with E-state index in [0.717, 1.165) is 18.8 Å². The first kappa shape index (κ1) is 22.3. The Balaban J connectivity index is 1.48. The van der Waals surface area contributed by atoms with E-state index in [9.17, 15) is 14.4 Å². The Labute approximate surface area is 181 Å². The molecule has 3 rings (SSSR count). The molecule has 2 atom stereocenters. The van der Waals surface area contributed by atoms with Crippen molar-refractivity contribution in [3.63, 3.8) is 0 Å². The Morgan fingerprint density at radius 3 is 2.26 bits per heavy atom. The van der Waals surface area contributed by atoms with Gasteiger partial charge in [-0.2, -0.15) is 0 Å². The molecular weight excluding hydrogens is 398 g/mol. The molecule has 1 heterocycles. The number of nitrogens with one attached hydrogen (secondary N) is 2. The minimum Gasteiger partial charge on any atom is -0.451 e. The highest BCUT2D eigenvalue weighted by Crippen LogP contribution is 2.19. The molecule has 1 aliphatic heterocycles. The molecule has 8 heteroatoms. The maximum Gasteiger partial charge on any atom is 0.329 e. The van der Waals surface area contributed by atoms with Gasteiger partial charge in [-0.3, -0.25) is 9.59 Å². The fourth-order valence-corrected chi connectivity index (χ4v) is 3.08. The lowest BCUT2D eigenvalue weighted by molar-refractivity contribution is -0.154. The average Bonchev–Trinajstić information content (AvgIpc) is 2.80. The van der Waals surface area contributed by atoms with E-state index in [1.54, 1.807) is 42.5 Å². The van der Waals surface area contributed by atoms with Gasteiger partial charge in [0.2, 0.25) is 0 Å². The normalized spacial score (nSPS) is 15.5. The highest BCUT2D eigenvalue weighted by molar-refractivity contribution is 5.98. The van der Waals surface area contributed by atoms with E-state index < -0.39 is 24.0 Å². The van der Waals surface area contributed by atoms with Gasteiger partial charge in [-0.05, 0) is 50.2 Å². The van der Waals surface area contributed by atoms with Crippen LogP contribution in [0.25, 0.3) is 0 Å². The molecule has 2 aromatic rings. The SMILES string of the molecule is C[C@H](NC(=O)c1ccccc1)C(=O)O[C@H](C)C(=O)Nc1ccc(N2CCOCC2)cc1.